The lowest BCUT2D eigenvalue weighted by atomic mass is 10.1. The molecule has 162 valence electrons. The van der Waals surface area contributed by atoms with Crippen molar-refractivity contribution in [1.29, 1.82) is 0 Å². The summed E-state index contributed by atoms with van der Waals surface area (Å²) in [6.07, 6.45) is 0. The van der Waals surface area contributed by atoms with Gasteiger partial charge in [0.25, 0.3) is 5.91 Å². The van der Waals surface area contributed by atoms with Gasteiger partial charge in [-0.15, -0.1) is 0 Å². The summed E-state index contributed by atoms with van der Waals surface area (Å²) in [6, 6.07) is 19.5. The summed E-state index contributed by atoms with van der Waals surface area (Å²) >= 11 is 0. The van der Waals surface area contributed by atoms with Crippen molar-refractivity contribution < 1.29 is 17.9 Å². The molecular formula is C24H26N2O4S. The summed E-state index contributed by atoms with van der Waals surface area (Å²) in [7, 11) is -0.987. The number of anilines is 1. The van der Waals surface area contributed by atoms with Gasteiger partial charge in [0.15, 0.2) is 0 Å². The SMILES string of the molecule is COc1ccc(C(=O)Nc2c(C)cccc2C)cc1S(=O)(=O)N(C)Cc1ccccc1. The Morgan fingerprint density at radius 1 is 0.968 bits per heavy atom. The van der Waals surface area contributed by atoms with E-state index < -0.39 is 10.0 Å². The van der Waals surface area contributed by atoms with Crippen LogP contribution in [0.4, 0.5) is 5.69 Å². The van der Waals surface area contributed by atoms with E-state index in [0.717, 1.165) is 16.7 Å². The molecule has 0 aliphatic rings. The Hall–Kier alpha value is -3.16. The molecule has 0 atom stereocenters. The molecule has 0 aliphatic heterocycles. The number of nitrogens with one attached hydrogen (secondary N) is 1. The molecule has 3 aromatic rings. The van der Waals surface area contributed by atoms with Crippen LogP contribution in [0.5, 0.6) is 5.75 Å². The molecule has 0 radical (unpaired) electrons. The molecule has 3 aromatic carbocycles. The van der Waals surface area contributed by atoms with Crippen LogP contribution in [0.25, 0.3) is 0 Å². The van der Waals surface area contributed by atoms with E-state index in [1.807, 2.05) is 62.4 Å². The summed E-state index contributed by atoms with van der Waals surface area (Å²) in [6.45, 7) is 4.02. The number of carbonyl (C=O) groups is 1. The van der Waals surface area contributed by atoms with Crippen molar-refractivity contribution in [3.63, 3.8) is 0 Å². The number of aryl methyl sites for hydroxylation is 2. The van der Waals surface area contributed by atoms with E-state index in [1.165, 1.54) is 30.6 Å². The maximum absolute atomic E-state index is 13.3. The Labute approximate surface area is 183 Å². The lowest BCUT2D eigenvalue weighted by Gasteiger charge is -2.20. The second-order valence-electron chi connectivity index (χ2n) is 7.33. The lowest BCUT2D eigenvalue weighted by Crippen LogP contribution is -2.27. The third-order valence-corrected chi connectivity index (χ3v) is 6.91. The van der Waals surface area contributed by atoms with E-state index in [1.54, 1.807) is 6.07 Å². The zero-order chi connectivity index (χ0) is 22.6. The summed E-state index contributed by atoms with van der Waals surface area (Å²) in [4.78, 5) is 12.8. The number of ether oxygens (including phenoxy) is 1. The average molecular weight is 439 g/mol. The number of sulfonamides is 1. The van der Waals surface area contributed by atoms with Gasteiger partial charge in [-0.05, 0) is 48.7 Å². The van der Waals surface area contributed by atoms with E-state index in [4.69, 9.17) is 4.74 Å². The zero-order valence-electron chi connectivity index (χ0n) is 18.0. The first-order chi connectivity index (χ1) is 14.7. The van der Waals surface area contributed by atoms with Crippen molar-refractivity contribution in [2.24, 2.45) is 0 Å². The maximum Gasteiger partial charge on any atom is 0.255 e. The number of hydrogen-bond donors (Lipinski definition) is 1. The predicted octanol–water partition coefficient (Wildman–Crippen LogP) is 4.39. The van der Waals surface area contributed by atoms with Crippen LogP contribution in [-0.2, 0) is 16.6 Å². The minimum absolute atomic E-state index is 0.0532. The second-order valence-corrected chi connectivity index (χ2v) is 9.35. The average Bonchev–Trinajstić information content (AvgIpc) is 2.76. The standard InChI is InChI=1S/C24H26N2O4S/c1-17-9-8-10-18(2)23(17)25-24(27)20-13-14-21(30-4)22(15-20)31(28,29)26(3)16-19-11-6-5-7-12-19/h5-15H,16H2,1-4H3,(H,25,27). The molecule has 0 saturated carbocycles. The van der Waals surface area contributed by atoms with Crippen molar-refractivity contribution in [2.45, 2.75) is 25.3 Å². The smallest absolute Gasteiger partial charge is 0.255 e. The fourth-order valence-electron chi connectivity index (χ4n) is 3.31. The molecule has 0 aromatic heterocycles. The normalized spacial score (nSPS) is 11.4. The highest BCUT2D eigenvalue weighted by Crippen LogP contribution is 2.29. The number of para-hydroxylation sites is 1. The number of nitrogens with zero attached hydrogens (tertiary/aromatic N) is 1. The number of rotatable bonds is 7. The van der Waals surface area contributed by atoms with Crippen molar-refractivity contribution in [2.75, 3.05) is 19.5 Å². The van der Waals surface area contributed by atoms with Gasteiger partial charge in [-0.1, -0.05) is 48.5 Å². The Balaban J connectivity index is 1.93. The largest absolute Gasteiger partial charge is 0.495 e. The first kappa shape index (κ1) is 22.5. The van der Waals surface area contributed by atoms with Crippen molar-refractivity contribution in [1.82, 2.24) is 4.31 Å². The van der Waals surface area contributed by atoms with Gasteiger partial charge in [0, 0.05) is 24.8 Å². The summed E-state index contributed by atoms with van der Waals surface area (Å²) in [5.74, 6) is -0.203. The zero-order valence-corrected chi connectivity index (χ0v) is 18.9. The van der Waals surface area contributed by atoms with E-state index in [-0.39, 0.29) is 28.7 Å². The van der Waals surface area contributed by atoms with Crippen LogP contribution in [0.15, 0.2) is 71.6 Å². The fourth-order valence-corrected chi connectivity index (χ4v) is 4.65. The van der Waals surface area contributed by atoms with Crippen molar-refractivity contribution in [3.05, 3.63) is 89.0 Å². The molecular weight excluding hydrogens is 412 g/mol. The van der Waals surface area contributed by atoms with E-state index in [2.05, 4.69) is 5.32 Å². The van der Waals surface area contributed by atoms with Crippen LogP contribution in [0.2, 0.25) is 0 Å². The second kappa shape index (κ2) is 9.32. The number of hydrogen-bond acceptors (Lipinski definition) is 4. The van der Waals surface area contributed by atoms with Gasteiger partial charge in [0.1, 0.15) is 10.6 Å². The molecule has 0 aliphatic carbocycles. The molecule has 3 rings (SSSR count). The molecule has 0 saturated heterocycles. The van der Waals surface area contributed by atoms with Crippen LogP contribution < -0.4 is 10.1 Å². The summed E-state index contributed by atoms with van der Waals surface area (Å²) in [5.41, 5.74) is 3.66. The maximum atomic E-state index is 13.3. The van der Waals surface area contributed by atoms with Gasteiger partial charge in [0.05, 0.1) is 7.11 Å². The highest BCUT2D eigenvalue weighted by molar-refractivity contribution is 7.89. The Bertz CT molecular complexity index is 1170. The molecule has 0 unspecified atom stereocenters. The van der Waals surface area contributed by atoms with E-state index in [9.17, 15) is 13.2 Å². The molecule has 0 spiro atoms. The molecule has 0 bridgehead atoms. The fraction of sp³-hybridized carbons (Fsp3) is 0.208. The van der Waals surface area contributed by atoms with Gasteiger partial charge in [-0.25, -0.2) is 8.42 Å². The highest BCUT2D eigenvalue weighted by atomic mass is 32.2. The molecule has 1 N–H and O–H groups in total. The van der Waals surface area contributed by atoms with Crippen molar-refractivity contribution >= 4 is 21.6 Å². The predicted molar refractivity (Wildman–Crippen MR) is 122 cm³/mol. The number of carbonyl (C=O) groups excluding carboxylic acids is 1. The lowest BCUT2D eigenvalue weighted by molar-refractivity contribution is 0.102. The van der Waals surface area contributed by atoms with Gasteiger partial charge in [-0.2, -0.15) is 4.31 Å². The first-order valence-corrected chi connectivity index (χ1v) is 11.2. The molecule has 6 nitrogen and oxygen atoms in total. The highest BCUT2D eigenvalue weighted by Gasteiger charge is 2.26. The van der Waals surface area contributed by atoms with Crippen LogP contribution in [0.1, 0.15) is 27.0 Å². The third-order valence-electron chi connectivity index (χ3n) is 5.08. The number of methoxy groups -OCH3 is 1. The van der Waals surface area contributed by atoms with Gasteiger partial charge < -0.3 is 10.1 Å². The summed E-state index contributed by atoms with van der Waals surface area (Å²) in [5, 5.41) is 2.89. The van der Waals surface area contributed by atoms with E-state index >= 15 is 0 Å². The quantitative estimate of drug-likeness (QED) is 0.594. The molecule has 0 fully saturated rings. The third kappa shape index (κ3) is 4.95. The van der Waals surface area contributed by atoms with Gasteiger partial charge in [-0.3, -0.25) is 4.79 Å². The Morgan fingerprint density at radius 2 is 1.61 bits per heavy atom. The van der Waals surface area contributed by atoms with Crippen LogP contribution in [0, 0.1) is 13.8 Å². The Morgan fingerprint density at radius 3 is 2.23 bits per heavy atom. The monoisotopic (exact) mass is 438 g/mol. The van der Waals surface area contributed by atoms with Crippen LogP contribution in [0.3, 0.4) is 0 Å². The first-order valence-electron chi connectivity index (χ1n) is 9.80. The number of amides is 1. The molecule has 1 amide bonds. The van der Waals surface area contributed by atoms with Crippen LogP contribution in [-0.4, -0.2) is 32.8 Å². The number of benzene rings is 3. The summed E-state index contributed by atoms with van der Waals surface area (Å²) < 4.78 is 33.1. The van der Waals surface area contributed by atoms with Crippen molar-refractivity contribution in [3.8, 4) is 5.75 Å². The minimum atomic E-state index is -3.90. The topological polar surface area (TPSA) is 75.7 Å². The minimum Gasteiger partial charge on any atom is -0.495 e. The van der Waals surface area contributed by atoms with Gasteiger partial charge in [0.2, 0.25) is 10.0 Å². The van der Waals surface area contributed by atoms with Crippen LogP contribution >= 0.6 is 0 Å². The molecule has 7 heteroatoms. The van der Waals surface area contributed by atoms with Gasteiger partial charge >= 0.3 is 0 Å². The molecule has 31 heavy (non-hydrogen) atoms. The molecule has 0 heterocycles. The Kier molecular flexibility index (Phi) is 6.77. The van der Waals surface area contributed by atoms with E-state index in [0.29, 0.717) is 5.69 Å².